The Balaban J connectivity index is 2.55. The minimum Gasteiger partial charge on any atom is -0.481 e. The van der Waals surface area contributed by atoms with Crippen LogP contribution in [0.5, 0.6) is 5.75 Å². The normalized spacial score (nSPS) is 9.43. The third-order valence-electron chi connectivity index (χ3n) is 1.80. The van der Waals surface area contributed by atoms with Gasteiger partial charge in [-0.15, -0.1) is 6.42 Å². The summed E-state index contributed by atoms with van der Waals surface area (Å²) in [5.74, 6) is 3.27. The lowest BCUT2D eigenvalue weighted by molar-refractivity contribution is 0.370. The van der Waals surface area contributed by atoms with Crippen molar-refractivity contribution >= 4 is 0 Å². The lowest BCUT2D eigenvalue weighted by Gasteiger charge is -2.05. The lowest BCUT2D eigenvalue weighted by Crippen LogP contribution is -2.11. The topological polar surface area (TPSA) is 21.3 Å². The fourth-order valence-electron chi connectivity index (χ4n) is 1.14. The van der Waals surface area contributed by atoms with E-state index in [1.165, 1.54) is 5.56 Å². The van der Waals surface area contributed by atoms with Gasteiger partial charge < -0.3 is 10.1 Å². The Kier molecular flexibility index (Phi) is 4.60. The predicted molar refractivity (Wildman–Crippen MR) is 58.2 cm³/mol. The van der Waals surface area contributed by atoms with E-state index < -0.39 is 0 Å². The summed E-state index contributed by atoms with van der Waals surface area (Å²) in [6.07, 6.45) is 5.11. The molecular formula is C12H15NO. The number of benzene rings is 1. The van der Waals surface area contributed by atoms with Gasteiger partial charge in [-0.2, -0.15) is 0 Å². The molecule has 0 spiro atoms. The van der Waals surface area contributed by atoms with Crippen molar-refractivity contribution in [1.82, 2.24) is 5.32 Å². The van der Waals surface area contributed by atoms with Crippen LogP contribution in [-0.2, 0) is 6.54 Å². The Hall–Kier alpha value is -1.46. The first-order chi connectivity index (χ1) is 6.86. The average Bonchev–Trinajstić information content (AvgIpc) is 2.24. The van der Waals surface area contributed by atoms with Crippen LogP contribution in [0.1, 0.15) is 12.5 Å². The molecule has 0 saturated heterocycles. The highest BCUT2D eigenvalue weighted by molar-refractivity contribution is 5.28. The largest absolute Gasteiger partial charge is 0.481 e. The molecule has 0 aliphatic heterocycles. The molecule has 0 saturated carbocycles. The second-order valence-electron chi connectivity index (χ2n) is 2.92. The van der Waals surface area contributed by atoms with Crippen molar-refractivity contribution in [3.8, 4) is 18.1 Å². The van der Waals surface area contributed by atoms with Crippen LogP contribution < -0.4 is 10.1 Å². The molecule has 1 rings (SSSR count). The first-order valence-electron chi connectivity index (χ1n) is 4.72. The molecule has 2 nitrogen and oxygen atoms in total. The third-order valence-corrected chi connectivity index (χ3v) is 1.80. The summed E-state index contributed by atoms with van der Waals surface area (Å²) in [7, 11) is 0. The van der Waals surface area contributed by atoms with Gasteiger partial charge in [-0.3, -0.25) is 0 Å². The van der Waals surface area contributed by atoms with Crippen LogP contribution in [0.4, 0.5) is 0 Å². The molecule has 0 amide bonds. The molecule has 0 unspecified atom stereocenters. The number of rotatable bonds is 5. The summed E-state index contributed by atoms with van der Waals surface area (Å²) in [5, 5.41) is 3.25. The van der Waals surface area contributed by atoms with Crippen molar-refractivity contribution in [2.24, 2.45) is 0 Å². The van der Waals surface area contributed by atoms with Gasteiger partial charge in [0, 0.05) is 6.54 Å². The molecule has 0 aromatic heterocycles. The maximum absolute atomic E-state index is 5.31. The van der Waals surface area contributed by atoms with Crippen LogP contribution in [0.25, 0.3) is 0 Å². The summed E-state index contributed by atoms with van der Waals surface area (Å²) in [4.78, 5) is 0. The van der Waals surface area contributed by atoms with Crippen molar-refractivity contribution in [2.45, 2.75) is 13.5 Å². The number of ether oxygens (including phenoxy) is 1. The van der Waals surface area contributed by atoms with E-state index in [0.717, 1.165) is 18.8 Å². The van der Waals surface area contributed by atoms with Gasteiger partial charge >= 0.3 is 0 Å². The number of hydrogen-bond acceptors (Lipinski definition) is 2. The maximum atomic E-state index is 5.31. The Labute approximate surface area is 85.3 Å². The summed E-state index contributed by atoms with van der Waals surface area (Å²) in [6, 6.07) is 7.94. The Morgan fingerprint density at radius 2 is 2.36 bits per heavy atom. The predicted octanol–water partition coefficient (Wildman–Crippen LogP) is 1.81. The van der Waals surface area contributed by atoms with Gasteiger partial charge in [0.2, 0.25) is 0 Å². The standard InChI is InChI=1S/C12H15NO/c1-3-8-14-12-7-5-6-11(9-12)10-13-4-2/h1,5-7,9,13H,4,8,10H2,2H3. The molecule has 0 heterocycles. The smallest absolute Gasteiger partial charge is 0.148 e. The molecule has 74 valence electrons. The first-order valence-corrected chi connectivity index (χ1v) is 4.72. The molecule has 0 aliphatic carbocycles. The molecule has 0 fully saturated rings. The maximum Gasteiger partial charge on any atom is 0.148 e. The summed E-state index contributed by atoms with van der Waals surface area (Å²) < 4.78 is 5.31. The van der Waals surface area contributed by atoms with Gasteiger partial charge in [-0.25, -0.2) is 0 Å². The second kappa shape index (κ2) is 6.06. The van der Waals surface area contributed by atoms with E-state index in [4.69, 9.17) is 11.2 Å². The van der Waals surface area contributed by atoms with E-state index in [2.05, 4.69) is 24.2 Å². The van der Waals surface area contributed by atoms with Gasteiger partial charge in [0.15, 0.2) is 0 Å². The van der Waals surface area contributed by atoms with E-state index >= 15 is 0 Å². The first kappa shape index (κ1) is 10.6. The number of hydrogen-bond donors (Lipinski definition) is 1. The van der Waals surface area contributed by atoms with Crippen molar-refractivity contribution in [3.05, 3.63) is 29.8 Å². The van der Waals surface area contributed by atoms with Crippen molar-refractivity contribution in [2.75, 3.05) is 13.2 Å². The SMILES string of the molecule is C#CCOc1cccc(CNCC)c1. The van der Waals surface area contributed by atoms with Gasteiger partial charge in [0.05, 0.1) is 0 Å². The molecule has 14 heavy (non-hydrogen) atoms. The Bertz CT molecular complexity index is 314. The average molecular weight is 189 g/mol. The van der Waals surface area contributed by atoms with E-state index in [1.807, 2.05) is 18.2 Å². The van der Waals surface area contributed by atoms with E-state index in [9.17, 15) is 0 Å². The fraction of sp³-hybridized carbons (Fsp3) is 0.333. The van der Waals surface area contributed by atoms with E-state index in [1.54, 1.807) is 0 Å². The number of nitrogens with one attached hydrogen (secondary N) is 1. The van der Waals surface area contributed by atoms with Crippen LogP contribution in [0.3, 0.4) is 0 Å². The number of terminal acetylenes is 1. The van der Waals surface area contributed by atoms with Crippen LogP contribution in [0.2, 0.25) is 0 Å². The highest BCUT2D eigenvalue weighted by Gasteiger charge is 1.95. The molecule has 1 aromatic rings. The third kappa shape index (κ3) is 3.51. The summed E-state index contributed by atoms with van der Waals surface area (Å²) >= 11 is 0. The van der Waals surface area contributed by atoms with Gasteiger partial charge in [-0.1, -0.05) is 25.0 Å². The van der Waals surface area contributed by atoms with Gasteiger partial charge in [0.1, 0.15) is 12.4 Å². The molecular weight excluding hydrogens is 174 g/mol. The molecule has 0 atom stereocenters. The van der Waals surface area contributed by atoms with Crippen LogP contribution in [0.15, 0.2) is 24.3 Å². The molecule has 0 aliphatic rings. The van der Waals surface area contributed by atoms with Gasteiger partial charge in [-0.05, 0) is 24.2 Å². The zero-order valence-electron chi connectivity index (χ0n) is 8.42. The van der Waals surface area contributed by atoms with E-state index in [-0.39, 0.29) is 0 Å². The Morgan fingerprint density at radius 3 is 3.07 bits per heavy atom. The minimum absolute atomic E-state index is 0.324. The highest BCUT2D eigenvalue weighted by atomic mass is 16.5. The molecule has 2 heteroatoms. The molecule has 1 N–H and O–H groups in total. The Morgan fingerprint density at radius 1 is 1.50 bits per heavy atom. The van der Waals surface area contributed by atoms with Crippen LogP contribution in [-0.4, -0.2) is 13.2 Å². The monoisotopic (exact) mass is 189 g/mol. The minimum atomic E-state index is 0.324. The summed E-state index contributed by atoms with van der Waals surface area (Å²) in [5.41, 5.74) is 1.21. The van der Waals surface area contributed by atoms with Gasteiger partial charge in [0.25, 0.3) is 0 Å². The summed E-state index contributed by atoms with van der Waals surface area (Å²) in [6.45, 7) is 4.24. The van der Waals surface area contributed by atoms with Crippen LogP contribution >= 0.6 is 0 Å². The van der Waals surface area contributed by atoms with Crippen molar-refractivity contribution < 1.29 is 4.74 Å². The molecule has 0 radical (unpaired) electrons. The zero-order valence-corrected chi connectivity index (χ0v) is 8.42. The quantitative estimate of drug-likeness (QED) is 0.713. The van der Waals surface area contributed by atoms with Crippen molar-refractivity contribution in [1.29, 1.82) is 0 Å². The zero-order chi connectivity index (χ0) is 10.2. The van der Waals surface area contributed by atoms with E-state index in [0.29, 0.717) is 6.61 Å². The highest BCUT2D eigenvalue weighted by Crippen LogP contribution is 2.12. The molecule has 1 aromatic carbocycles. The molecule has 0 bridgehead atoms. The fourth-order valence-corrected chi connectivity index (χ4v) is 1.14. The van der Waals surface area contributed by atoms with Crippen LogP contribution in [0, 0.1) is 12.3 Å². The lowest BCUT2D eigenvalue weighted by atomic mass is 10.2. The second-order valence-corrected chi connectivity index (χ2v) is 2.92. The van der Waals surface area contributed by atoms with Crippen molar-refractivity contribution in [3.63, 3.8) is 0 Å².